The van der Waals surface area contributed by atoms with E-state index in [1.165, 1.54) is 12.8 Å². The second-order valence-electron chi connectivity index (χ2n) is 4.96. The van der Waals surface area contributed by atoms with Crippen LogP contribution in [0.1, 0.15) is 23.2 Å². The van der Waals surface area contributed by atoms with E-state index in [0.29, 0.717) is 6.04 Å². The standard InChI is InChI=1S/C14H21N3O/c1-17(2)14(18)11-5-7-12(8-6-11)16-13-4-3-9-15-10-13/h5-8,13,15-16H,3-4,9-10H2,1-2H3. The number of nitrogens with one attached hydrogen (secondary N) is 2. The van der Waals surface area contributed by atoms with Gasteiger partial charge in [0.15, 0.2) is 0 Å². The molecule has 18 heavy (non-hydrogen) atoms. The Morgan fingerprint density at radius 2 is 2.06 bits per heavy atom. The van der Waals surface area contributed by atoms with Crippen molar-refractivity contribution in [1.82, 2.24) is 10.2 Å². The number of benzene rings is 1. The quantitative estimate of drug-likeness (QED) is 0.852. The van der Waals surface area contributed by atoms with Crippen LogP contribution in [-0.2, 0) is 0 Å². The molecule has 1 aromatic rings. The van der Waals surface area contributed by atoms with Gasteiger partial charge in [-0.2, -0.15) is 0 Å². The van der Waals surface area contributed by atoms with Crippen LogP contribution in [0.3, 0.4) is 0 Å². The topological polar surface area (TPSA) is 44.4 Å². The van der Waals surface area contributed by atoms with Gasteiger partial charge in [0.2, 0.25) is 0 Å². The maximum absolute atomic E-state index is 11.7. The Bertz CT molecular complexity index is 394. The molecule has 0 radical (unpaired) electrons. The van der Waals surface area contributed by atoms with Crippen LogP contribution in [0, 0.1) is 0 Å². The predicted molar refractivity (Wildman–Crippen MR) is 74.0 cm³/mol. The lowest BCUT2D eigenvalue weighted by Crippen LogP contribution is -2.38. The summed E-state index contributed by atoms with van der Waals surface area (Å²) in [6, 6.07) is 8.20. The molecule has 0 aliphatic carbocycles. The third-order valence-electron chi connectivity index (χ3n) is 3.21. The van der Waals surface area contributed by atoms with Crippen molar-refractivity contribution in [2.75, 3.05) is 32.5 Å². The maximum Gasteiger partial charge on any atom is 0.253 e. The lowest BCUT2D eigenvalue weighted by Gasteiger charge is -2.24. The summed E-state index contributed by atoms with van der Waals surface area (Å²) in [7, 11) is 3.53. The number of carbonyl (C=O) groups excluding carboxylic acids is 1. The Morgan fingerprint density at radius 1 is 1.33 bits per heavy atom. The van der Waals surface area contributed by atoms with Gasteiger partial charge < -0.3 is 15.5 Å². The minimum absolute atomic E-state index is 0.0425. The number of anilines is 1. The van der Waals surface area contributed by atoms with E-state index in [0.717, 1.165) is 24.3 Å². The van der Waals surface area contributed by atoms with Gasteiger partial charge >= 0.3 is 0 Å². The third-order valence-corrected chi connectivity index (χ3v) is 3.21. The Labute approximate surface area is 108 Å². The van der Waals surface area contributed by atoms with Crippen molar-refractivity contribution >= 4 is 11.6 Å². The molecular weight excluding hydrogens is 226 g/mol. The summed E-state index contributed by atoms with van der Waals surface area (Å²) < 4.78 is 0. The summed E-state index contributed by atoms with van der Waals surface area (Å²) in [4.78, 5) is 13.3. The van der Waals surface area contributed by atoms with E-state index in [9.17, 15) is 4.79 Å². The molecule has 1 saturated heterocycles. The van der Waals surface area contributed by atoms with Crippen molar-refractivity contribution in [2.24, 2.45) is 0 Å². The Balaban J connectivity index is 1.96. The van der Waals surface area contributed by atoms with Crippen LogP contribution in [0.2, 0.25) is 0 Å². The van der Waals surface area contributed by atoms with Gasteiger partial charge in [0.05, 0.1) is 0 Å². The first-order valence-corrected chi connectivity index (χ1v) is 6.46. The summed E-state index contributed by atoms with van der Waals surface area (Å²) in [5.74, 6) is 0.0425. The number of carbonyl (C=O) groups is 1. The first kappa shape index (κ1) is 12.9. The van der Waals surface area contributed by atoms with Gasteiger partial charge in [0, 0.05) is 37.9 Å². The Hall–Kier alpha value is -1.55. The summed E-state index contributed by atoms with van der Waals surface area (Å²) >= 11 is 0. The van der Waals surface area contributed by atoms with Crippen molar-refractivity contribution in [3.05, 3.63) is 29.8 Å². The van der Waals surface area contributed by atoms with Crippen molar-refractivity contribution < 1.29 is 4.79 Å². The van der Waals surface area contributed by atoms with E-state index in [1.54, 1.807) is 19.0 Å². The van der Waals surface area contributed by atoms with Gasteiger partial charge in [0.1, 0.15) is 0 Å². The van der Waals surface area contributed by atoms with Crippen molar-refractivity contribution in [1.29, 1.82) is 0 Å². The highest BCUT2D eigenvalue weighted by molar-refractivity contribution is 5.94. The minimum Gasteiger partial charge on any atom is -0.381 e. The maximum atomic E-state index is 11.7. The number of nitrogens with zero attached hydrogens (tertiary/aromatic N) is 1. The molecule has 1 atom stereocenters. The van der Waals surface area contributed by atoms with Gasteiger partial charge in [0.25, 0.3) is 5.91 Å². The number of amides is 1. The van der Waals surface area contributed by atoms with Crippen LogP contribution in [0.15, 0.2) is 24.3 Å². The molecule has 1 heterocycles. The second kappa shape index (κ2) is 5.87. The fourth-order valence-corrected chi connectivity index (χ4v) is 2.18. The van der Waals surface area contributed by atoms with E-state index >= 15 is 0 Å². The molecule has 98 valence electrons. The smallest absolute Gasteiger partial charge is 0.253 e. The van der Waals surface area contributed by atoms with Crippen LogP contribution in [0.5, 0.6) is 0 Å². The molecule has 0 spiro atoms. The number of rotatable bonds is 3. The van der Waals surface area contributed by atoms with Crippen LogP contribution in [-0.4, -0.2) is 44.0 Å². The van der Waals surface area contributed by atoms with Crippen LogP contribution >= 0.6 is 0 Å². The highest BCUT2D eigenvalue weighted by Crippen LogP contribution is 2.14. The summed E-state index contributed by atoms with van der Waals surface area (Å²) in [5, 5.41) is 6.87. The van der Waals surface area contributed by atoms with Crippen LogP contribution in [0.25, 0.3) is 0 Å². The van der Waals surface area contributed by atoms with Crippen molar-refractivity contribution in [2.45, 2.75) is 18.9 Å². The molecule has 1 aliphatic heterocycles. The zero-order valence-electron chi connectivity index (χ0n) is 11.1. The summed E-state index contributed by atoms with van der Waals surface area (Å²) in [6.45, 7) is 2.13. The molecule has 0 aromatic heterocycles. The normalized spacial score (nSPS) is 19.3. The molecule has 4 heteroatoms. The predicted octanol–water partition coefficient (Wildman–Crippen LogP) is 1.55. The van der Waals surface area contributed by atoms with E-state index in [2.05, 4.69) is 10.6 Å². The number of hydrogen-bond donors (Lipinski definition) is 2. The second-order valence-corrected chi connectivity index (χ2v) is 4.96. The van der Waals surface area contributed by atoms with Crippen LogP contribution in [0.4, 0.5) is 5.69 Å². The van der Waals surface area contributed by atoms with E-state index in [-0.39, 0.29) is 5.91 Å². The first-order chi connectivity index (χ1) is 8.66. The highest BCUT2D eigenvalue weighted by atomic mass is 16.2. The molecule has 2 N–H and O–H groups in total. The Morgan fingerprint density at radius 3 is 2.61 bits per heavy atom. The Kier molecular flexibility index (Phi) is 4.20. The monoisotopic (exact) mass is 247 g/mol. The van der Waals surface area contributed by atoms with Gasteiger partial charge in [-0.15, -0.1) is 0 Å². The average Bonchev–Trinajstić information content (AvgIpc) is 2.40. The molecular formula is C14H21N3O. The van der Waals surface area contributed by atoms with E-state index in [1.807, 2.05) is 24.3 Å². The fourth-order valence-electron chi connectivity index (χ4n) is 2.18. The van der Waals surface area contributed by atoms with Crippen molar-refractivity contribution in [3.8, 4) is 0 Å². The summed E-state index contributed by atoms with van der Waals surface area (Å²) in [5.41, 5.74) is 1.81. The SMILES string of the molecule is CN(C)C(=O)c1ccc(NC2CCCNC2)cc1. The average molecular weight is 247 g/mol. The number of piperidine rings is 1. The van der Waals surface area contributed by atoms with Crippen molar-refractivity contribution in [3.63, 3.8) is 0 Å². The zero-order valence-corrected chi connectivity index (χ0v) is 11.1. The lowest BCUT2D eigenvalue weighted by molar-refractivity contribution is 0.0827. The molecule has 1 unspecified atom stereocenters. The van der Waals surface area contributed by atoms with Crippen LogP contribution < -0.4 is 10.6 Å². The van der Waals surface area contributed by atoms with Gasteiger partial charge in [-0.1, -0.05) is 0 Å². The number of hydrogen-bond acceptors (Lipinski definition) is 3. The van der Waals surface area contributed by atoms with Gasteiger partial charge in [-0.05, 0) is 43.7 Å². The third kappa shape index (κ3) is 3.23. The molecule has 4 nitrogen and oxygen atoms in total. The largest absolute Gasteiger partial charge is 0.381 e. The molecule has 2 rings (SSSR count). The first-order valence-electron chi connectivity index (χ1n) is 6.46. The molecule has 0 saturated carbocycles. The van der Waals surface area contributed by atoms with E-state index < -0.39 is 0 Å². The molecule has 1 aromatic carbocycles. The zero-order chi connectivity index (χ0) is 13.0. The molecule has 1 fully saturated rings. The lowest BCUT2D eigenvalue weighted by atomic mass is 10.1. The van der Waals surface area contributed by atoms with Gasteiger partial charge in [-0.25, -0.2) is 0 Å². The summed E-state index contributed by atoms with van der Waals surface area (Å²) in [6.07, 6.45) is 2.42. The highest BCUT2D eigenvalue weighted by Gasteiger charge is 2.12. The van der Waals surface area contributed by atoms with Gasteiger partial charge in [-0.3, -0.25) is 4.79 Å². The fraction of sp³-hybridized carbons (Fsp3) is 0.500. The van der Waals surface area contributed by atoms with E-state index in [4.69, 9.17) is 0 Å². The molecule has 1 amide bonds. The minimum atomic E-state index is 0.0425. The molecule has 1 aliphatic rings. The molecule has 0 bridgehead atoms.